The number of carbonyl (C=O) groups excluding carboxylic acids is 1. The minimum absolute atomic E-state index is 0.00708. The normalized spacial score (nSPS) is 10.8. The van der Waals surface area contributed by atoms with Gasteiger partial charge < -0.3 is 15.5 Å². The molecule has 0 aliphatic heterocycles. The van der Waals surface area contributed by atoms with Gasteiger partial charge in [0.1, 0.15) is 21.6 Å². The van der Waals surface area contributed by atoms with E-state index in [1.807, 2.05) is 0 Å². The van der Waals surface area contributed by atoms with Gasteiger partial charge in [-0.1, -0.05) is 11.6 Å². The van der Waals surface area contributed by atoms with E-state index in [-0.39, 0.29) is 11.4 Å². The average molecular weight is 368 g/mol. The smallest absolute Gasteiger partial charge is 0.294 e. The van der Waals surface area contributed by atoms with E-state index in [0.717, 1.165) is 0 Å². The molecule has 0 saturated heterocycles. The number of anilines is 2. The molecule has 3 heterocycles. The second kappa shape index (κ2) is 5.34. The van der Waals surface area contributed by atoms with Crippen LogP contribution >= 0.6 is 27.5 Å². The molecule has 0 bridgehead atoms. The van der Waals surface area contributed by atoms with Crippen molar-refractivity contribution in [3.05, 3.63) is 45.8 Å². The first-order valence-corrected chi connectivity index (χ1v) is 6.99. The highest BCUT2D eigenvalue weighted by atomic mass is 79.9. The Labute approximate surface area is 132 Å². The van der Waals surface area contributed by atoms with Crippen LogP contribution in [0.1, 0.15) is 10.6 Å². The van der Waals surface area contributed by atoms with E-state index >= 15 is 0 Å². The van der Waals surface area contributed by atoms with E-state index in [1.54, 1.807) is 24.3 Å². The number of halogens is 2. The Balaban J connectivity index is 1.94. The number of carbonyl (C=O) groups is 1. The highest BCUT2D eigenvalue weighted by molar-refractivity contribution is 9.10. The molecule has 21 heavy (non-hydrogen) atoms. The third-order valence-electron chi connectivity index (χ3n) is 2.71. The van der Waals surface area contributed by atoms with Crippen molar-refractivity contribution in [2.45, 2.75) is 0 Å². The van der Waals surface area contributed by atoms with E-state index in [0.29, 0.717) is 26.5 Å². The summed E-state index contributed by atoms with van der Waals surface area (Å²) in [6, 6.07) is 6.58. The standard InChI is InChI=1S/C13H8BrClN4O2/c14-8-3-2-7-11(18-8)10(16)12(21-7)13(20)19-9-4-1-6(15)5-17-9/h1-5H,16H2,(H,17,19,20). The molecular weight excluding hydrogens is 360 g/mol. The fourth-order valence-electron chi connectivity index (χ4n) is 1.76. The molecule has 8 heteroatoms. The number of fused-ring (bicyclic) bond motifs is 1. The molecule has 0 radical (unpaired) electrons. The number of rotatable bonds is 2. The number of nitrogens with zero attached hydrogens (tertiary/aromatic N) is 2. The Morgan fingerprint density at radius 3 is 2.86 bits per heavy atom. The minimum Gasteiger partial charge on any atom is -0.447 e. The van der Waals surface area contributed by atoms with Crippen LogP contribution in [0.4, 0.5) is 11.5 Å². The molecule has 3 N–H and O–H groups in total. The van der Waals surface area contributed by atoms with Gasteiger partial charge in [-0.05, 0) is 40.2 Å². The molecule has 0 fully saturated rings. The molecule has 0 saturated carbocycles. The molecule has 106 valence electrons. The number of nitrogens with one attached hydrogen (secondary N) is 1. The van der Waals surface area contributed by atoms with Gasteiger partial charge in [0.05, 0.1) is 5.02 Å². The summed E-state index contributed by atoms with van der Waals surface area (Å²) in [6.45, 7) is 0. The number of pyridine rings is 2. The fourth-order valence-corrected chi connectivity index (χ4v) is 2.18. The molecule has 0 unspecified atom stereocenters. The van der Waals surface area contributed by atoms with Gasteiger partial charge in [0.2, 0.25) is 5.76 Å². The first kappa shape index (κ1) is 13.8. The Morgan fingerprint density at radius 1 is 1.33 bits per heavy atom. The molecule has 3 aromatic rings. The van der Waals surface area contributed by atoms with Crippen molar-refractivity contribution in [2.75, 3.05) is 11.1 Å². The highest BCUT2D eigenvalue weighted by Gasteiger charge is 2.20. The molecule has 0 aromatic carbocycles. The first-order chi connectivity index (χ1) is 10.0. The lowest BCUT2D eigenvalue weighted by Gasteiger charge is -2.02. The maximum absolute atomic E-state index is 12.2. The quantitative estimate of drug-likeness (QED) is 0.676. The van der Waals surface area contributed by atoms with Crippen molar-refractivity contribution in [3.8, 4) is 0 Å². The van der Waals surface area contributed by atoms with Crippen LogP contribution in [-0.4, -0.2) is 15.9 Å². The zero-order chi connectivity index (χ0) is 15.0. The lowest BCUT2D eigenvalue weighted by molar-refractivity contribution is 0.0999. The number of aromatic nitrogens is 2. The summed E-state index contributed by atoms with van der Waals surface area (Å²) in [5, 5.41) is 3.06. The molecule has 6 nitrogen and oxygen atoms in total. The number of nitrogens with two attached hydrogens (primary N) is 1. The number of amides is 1. The van der Waals surface area contributed by atoms with E-state index in [1.165, 1.54) is 6.20 Å². The summed E-state index contributed by atoms with van der Waals surface area (Å²) < 4.78 is 6.04. The SMILES string of the molecule is Nc1c(C(=O)Nc2ccc(Cl)cn2)oc2ccc(Br)nc12. The first-order valence-electron chi connectivity index (χ1n) is 5.82. The van der Waals surface area contributed by atoms with Gasteiger partial charge in [0.25, 0.3) is 5.91 Å². The van der Waals surface area contributed by atoms with Crippen molar-refractivity contribution in [1.29, 1.82) is 0 Å². The molecule has 3 aromatic heterocycles. The van der Waals surface area contributed by atoms with Gasteiger partial charge in [-0.3, -0.25) is 4.79 Å². The number of hydrogen-bond donors (Lipinski definition) is 2. The summed E-state index contributed by atoms with van der Waals surface area (Å²) in [5.74, 6) is -0.165. The van der Waals surface area contributed by atoms with Crippen LogP contribution in [0.25, 0.3) is 11.1 Å². The molecule has 0 atom stereocenters. The predicted molar refractivity (Wildman–Crippen MR) is 83.3 cm³/mol. The van der Waals surface area contributed by atoms with E-state index < -0.39 is 5.91 Å². The minimum atomic E-state index is -0.503. The van der Waals surface area contributed by atoms with Crippen molar-refractivity contribution in [2.24, 2.45) is 0 Å². The molecular formula is C13H8BrClN4O2. The largest absolute Gasteiger partial charge is 0.447 e. The Morgan fingerprint density at radius 2 is 2.14 bits per heavy atom. The lowest BCUT2D eigenvalue weighted by atomic mass is 10.3. The van der Waals surface area contributed by atoms with E-state index in [2.05, 4.69) is 31.2 Å². The summed E-state index contributed by atoms with van der Waals surface area (Å²) in [5.41, 5.74) is 6.95. The summed E-state index contributed by atoms with van der Waals surface area (Å²) >= 11 is 8.97. The van der Waals surface area contributed by atoms with E-state index in [4.69, 9.17) is 21.8 Å². The summed E-state index contributed by atoms with van der Waals surface area (Å²) in [6.07, 6.45) is 1.43. The van der Waals surface area contributed by atoms with Crippen LogP contribution in [0.2, 0.25) is 5.02 Å². The molecule has 3 rings (SSSR count). The summed E-state index contributed by atoms with van der Waals surface area (Å²) in [7, 11) is 0. The second-order valence-corrected chi connectivity index (χ2v) is 5.39. The molecule has 1 amide bonds. The van der Waals surface area contributed by atoms with Crippen LogP contribution in [0, 0.1) is 0 Å². The van der Waals surface area contributed by atoms with Crippen LogP contribution < -0.4 is 11.1 Å². The molecule has 0 aliphatic carbocycles. The van der Waals surface area contributed by atoms with Crippen LogP contribution in [0.3, 0.4) is 0 Å². The molecule has 0 spiro atoms. The van der Waals surface area contributed by atoms with Crippen molar-refractivity contribution >= 4 is 56.0 Å². The van der Waals surface area contributed by atoms with Gasteiger partial charge in [0, 0.05) is 6.20 Å². The zero-order valence-corrected chi connectivity index (χ0v) is 12.8. The second-order valence-electron chi connectivity index (χ2n) is 4.14. The fraction of sp³-hybridized carbons (Fsp3) is 0. The van der Waals surface area contributed by atoms with Crippen LogP contribution in [0.15, 0.2) is 39.5 Å². The predicted octanol–water partition coefficient (Wildman–Crippen LogP) is 3.47. The Bertz CT molecular complexity index is 832. The highest BCUT2D eigenvalue weighted by Crippen LogP contribution is 2.28. The van der Waals surface area contributed by atoms with Crippen LogP contribution in [0.5, 0.6) is 0 Å². The van der Waals surface area contributed by atoms with Gasteiger partial charge in [0.15, 0.2) is 5.58 Å². The molecule has 0 aliphatic rings. The maximum Gasteiger partial charge on any atom is 0.294 e. The topological polar surface area (TPSA) is 94.0 Å². The number of furan rings is 1. The van der Waals surface area contributed by atoms with Crippen LogP contribution in [-0.2, 0) is 0 Å². The van der Waals surface area contributed by atoms with Crippen molar-refractivity contribution < 1.29 is 9.21 Å². The Hall–Kier alpha value is -2.12. The van der Waals surface area contributed by atoms with Crippen molar-refractivity contribution in [1.82, 2.24) is 9.97 Å². The van der Waals surface area contributed by atoms with Gasteiger partial charge >= 0.3 is 0 Å². The third kappa shape index (κ3) is 2.70. The Kier molecular flexibility index (Phi) is 3.52. The number of nitrogen functional groups attached to an aromatic ring is 1. The average Bonchev–Trinajstić information content (AvgIpc) is 2.79. The lowest BCUT2D eigenvalue weighted by Crippen LogP contribution is -2.13. The third-order valence-corrected chi connectivity index (χ3v) is 3.38. The van der Waals surface area contributed by atoms with E-state index in [9.17, 15) is 4.79 Å². The monoisotopic (exact) mass is 366 g/mol. The number of hydrogen-bond acceptors (Lipinski definition) is 5. The van der Waals surface area contributed by atoms with Crippen molar-refractivity contribution in [3.63, 3.8) is 0 Å². The summed E-state index contributed by atoms with van der Waals surface area (Å²) in [4.78, 5) is 20.3. The van der Waals surface area contributed by atoms with Gasteiger partial charge in [-0.15, -0.1) is 0 Å². The van der Waals surface area contributed by atoms with Gasteiger partial charge in [-0.2, -0.15) is 0 Å². The van der Waals surface area contributed by atoms with Gasteiger partial charge in [-0.25, -0.2) is 9.97 Å². The zero-order valence-electron chi connectivity index (χ0n) is 10.4. The maximum atomic E-state index is 12.2.